The second kappa shape index (κ2) is 6.47. The SMILES string of the molecule is NCCOCCc1ccc2c(c1)OCCCO2. The average molecular weight is 237 g/mol. The van der Waals surface area contributed by atoms with Crippen LogP contribution in [0.2, 0.25) is 0 Å². The van der Waals surface area contributed by atoms with Gasteiger partial charge in [0, 0.05) is 13.0 Å². The number of benzene rings is 1. The highest BCUT2D eigenvalue weighted by atomic mass is 16.5. The summed E-state index contributed by atoms with van der Waals surface area (Å²) in [5, 5.41) is 0. The van der Waals surface area contributed by atoms with Crippen LogP contribution in [0.5, 0.6) is 11.5 Å². The quantitative estimate of drug-likeness (QED) is 0.786. The highest BCUT2D eigenvalue weighted by Gasteiger charge is 2.10. The molecule has 17 heavy (non-hydrogen) atoms. The van der Waals surface area contributed by atoms with Crippen LogP contribution in [-0.2, 0) is 11.2 Å². The summed E-state index contributed by atoms with van der Waals surface area (Å²) in [5.41, 5.74) is 6.56. The minimum atomic E-state index is 0.571. The van der Waals surface area contributed by atoms with Crippen molar-refractivity contribution >= 4 is 0 Å². The van der Waals surface area contributed by atoms with Crippen LogP contribution in [0.3, 0.4) is 0 Å². The summed E-state index contributed by atoms with van der Waals surface area (Å²) < 4.78 is 16.6. The van der Waals surface area contributed by atoms with Gasteiger partial charge in [-0.05, 0) is 24.1 Å². The molecular formula is C13H19NO3. The van der Waals surface area contributed by atoms with Gasteiger partial charge >= 0.3 is 0 Å². The number of hydrogen-bond donors (Lipinski definition) is 1. The zero-order chi connectivity index (χ0) is 11.9. The molecule has 0 unspecified atom stereocenters. The smallest absolute Gasteiger partial charge is 0.161 e. The van der Waals surface area contributed by atoms with Crippen molar-refractivity contribution in [3.63, 3.8) is 0 Å². The molecule has 0 fully saturated rings. The summed E-state index contributed by atoms with van der Waals surface area (Å²) in [6.07, 6.45) is 1.81. The molecule has 1 aromatic rings. The second-order valence-electron chi connectivity index (χ2n) is 3.98. The third-order valence-electron chi connectivity index (χ3n) is 2.61. The summed E-state index contributed by atoms with van der Waals surface area (Å²) in [5.74, 6) is 1.69. The fraction of sp³-hybridized carbons (Fsp3) is 0.538. The van der Waals surface area contributed by atoms with Gasteiger partial charge in [0.15, 0.2) is 11.5 Å². The van der Waals surface area contributed by atoms with Gasteiger partial charge in [0.25, 0.3) is 0 Å². The van der Waals surface area contributed by atoms with Crippen molar-refractivity contribution in [3.8, 4) is 11.5 Å². The molecular weight excluding hydrogens is 218 g/mol. The van der Waals surface area contributed by atoms with Gasteiger partial charge in [-0.1, -0.05) is 6.07 Å². The van der Waals surface area contributed by atoms with Crippen LogP contribution in [0.25, 0.3) is 0 Å². The first-order valence-corrected chi connectivity index (χ1v) is 6.06. The first-order valence-electron chi connectivity index (χ1n) is 6.06. The van der Waals surface area contributed by atoms with Crippen LogP contribution in [0.4, 0.5) is 0 Å². The molecule has 1 aromatic carbocycles. The van der Waals surface area contributed by atoms with E-state index in [1.165, 1.54) is 5.56 Å². The molecule has 2 N–H and O–H groups in total. The van der Waals surface area contributed by atoms with Gasteiger partial charge in [-0.25, -0.2) is 0 Å². The average Bonchev–Trinajstić information content (AvgIpc) is 2.59. The third kappa shape index (κ3) is 3.61. The lowest BCUT2D eigenvalue weighted by atomic mass is 10.1. The van der Waals surface area contributed by atoms with Crippen molar-refractivity contribution < 1.29 is 14.2 Å². The lowest BCUT2D eigenvalue weighted by Gasteiger charge is -2.09. The fourth-order valence-corrected chi connectivity index (χ4v) is 1.74. The first kappa shape index (κ1) is 12.2. The number of hydrogen-bond acceptors (Lipinski definition) is 4. The summed E-state index contributed by atoms with van der Waals surface area (Å²) in [6, 6.07) is 6.06. The topological polar surface area (TPSA) is 53.7 Å². The lowest BCUT2D eigenvalue weighted by molar-refractivity contribution is 0.144. The van der Waals surface area contributed by atoms with Crippen molar-refractivity contribution in [3.05, 3.63) is 23.8 Å². The molecule has 0 amide bonds. The number of fused-ring (bicyclic) bond motifs is 1. The summed E-state index contributed by atoms with van der Waals surface area (Å²) in [4.78, 5) is 0. The fourth-order valence-electron chi connectivity index (χ4n) is 1.74. The van der Waals surface area contributed by atoms with Gasteiger partial charge in [0.2, 0.25) is 0 Å². The van der Waals surface area contributed by atoms with Crippen molar-refractivity contribution in [2.45, 2.75) is 12.8 Å². The van der Waals surface area contributed by atoms with E-state index in [1.54, 1.807) is 0 Å². The predicted molar refractivity (Wildman–Crippen MR) is 65.6 cm³/mol. The molecule has 0 saturated carbocycles. The molecule has 0 atom stereocenters. The molecule has 4 nitrogen and oxygen atoms in total. The van der Waals surface area contributed by atoms with E-state index in [4.69, 9.17) is 19.9 Å². The Hall–Kier alpha value is -1.26. The highest BCUT2D eigenvalue weighted by molar-refractivity contribution is 5.43. The molecule has 1 aliphatic rings. The van der Waals surface area contributed by atoms with Crippen LogP contribution >= 0.6 is 0 Å². The standard InChI is InChI=1S/C13H19NO3/c14-5-9-15-8-4-11-2-3-12-13(10-11)17-7-1-6-16-12/h2-3,10H,1,4-9,14H2. The zero-order valence-corrected chi connectivity index (χ0v) is 9.98. The Kier molecular flexibility index (Phi) is 4.64. The van der Waals surface area contributed by atoms with Crippen molar-refractivity contribution in [1.29, 1.82) is 0 Å². The largest absolute Gasteiger partial charge is 0.490 e. The lowest BCUT2D eigenvalue weighted by Crippen LogP contribution is -2.10. The molecule has 0 aromatic heterocycles. The Morgan fingerprint density at radius 1 is 1.12 bits per heavy atom. The van der Waals surface area contributed by atoms with E-state index >= 15 is 0 Å². The maximum Gasteiger partial charge on any atom is 0.161 e. The van der Waals surface area contributed by atoms with Gasteiger partial charge in [-0.3, -0.25) is 0 Å². The molecule has 0 saturated heterocycles. The Labute approximate surface area is 102 Å². The summed E-state index contributed by atoms with van der Waals surface area (Å²) in [6.45, 7) is 3.33. The van der Waals surface area contributed by atoms with Crippen LogP contribution in [0, 0.1) is 0 Å². The molecule has 0 aliphatic carbocycles. The van der Waals surface area contributed by atoms with E-state index in [9.17, 15) is 0 Å². The summed E-state index contributed by atoms with van der Waals surface area (Å²) in [7, 11) is 0. The van der Waals surface area contributed by atoms with Crippen LogP contribution in [0.1, 0.15) is 12.0 Å². The molecule has 94 valence electrons. The van der Waals surface area contributed by atoms with Gasteiger partial charge < -0.3 is 19.9 Å². The van der Waals surface area contributed by atoms with Gasteiger partial charge in [-0.2, -0.15) is 0 Å². The molecule has 1 heterocycles. The van der Waals surface area contributed by atoms with Crippen LogP contribution in [0.15, 0.2) is 18.2 Å². The Balaban J connectivity index is 1.93. The van der Waals surface area contributed by atoms with E-state index < -0.39 is 0 Å². The molecule has 4 heteroatoms. The number of ether oxygens (including phenoxy) is 3. The Morgan fingerprint density at radius 2 is 1.94 bits per heavy atom. The third-order valence-corrected chi connectivity index (χ3v) is 2.61. The maximum absolute atomic E-state index is 5.63. The highest BCUT2D eigenvalue weighted by Crippen LogP contribution is 2.30. The van der Waals surface area contributed by atoms with E-state index in [-0.39, 0.29) is 0 Å². The van der Waals surface area contributed by atoms with Crippen LogP contribution < -0.4 is 15.2 Å². The van der Waals surface area contributed by atoms with Crippen molar-refractivity contribution in [2.24, 2.45) is 5.73 Å². The number of nitrogens with two attached hydrogens (primary N) is 1. The monoisotopic (exact) mass is 237 g/mol. The molecule has 0 bridgehead atoms. The van der Waals surface area contributed by atoms with Crippen LogP contribution in [-0.4, -0.2) is 33.0 Å². The van der Waals surface area contributed by atoms with E-state index in [2.05, 4.69) is 6.07 Å². The van der Waals surface area contributed by atoms with Gasteiger partial charge in [0.1, 0.15) is 0 Å². The van der Waals surface area contributed by atoms with Gasteiger partial charge in [0.05, 0.1) is 26.4 Å². The molecule has 0 spiro atoms. The molecule has 2 rings (SSSR count). The minimum Gasteiger partial charge on any atom is -0.490 e. The van der Waals surface area contributed by atoms with E-state index in [0.29, 0.717) is 19.8 Å². The Morgan fingerprint density at radius 3 is 2.76 bits per heavy atom. The van der Waals surface area contributed by atoms with E-state index in [0.717, 1.165) is 37.6 Å². The van der Waals surface area contributed by atoms with E-state index in [1.807, 2.05) is 12.1 Å². The Bertz CT molecular complexity index is 355. The zero-order valence-electron chi connectivity index (χ0n) is 9.98. The summed E-state index contributed by atoms with van der Waals surface area (Å²) >= 11 is 0. The molecule has 0 radical (unpaired) electrons. The maximum atomic E-state index is 5.63. The normalized spacial score (nSPS) is 14.4. The van der Waals surface area contributed by atoms with Crippen molar-refractivity contribution in [1.82, 2.24) is 0 Å². The number of rotatable bonds is 5. The second-order valence-corrected chi connectivity index (χ2v) is 3.98. The molecule has 1 aliphatic heterocycles. The van der Waals surface area contributed by atoms with Crippen molar-refractivity contribution in [2.75, 3.05) is 33.0 Å². The van der Waals surface area contributed by atoms with Gasteiger partial charge in [-0.15, -0.1) is 0 Å². The first-order chi connectivity index (χ1) is 8.40. The predicted octanol–water partition coefficient (Wildman–Crippen LogP) is 1.37. The minimum absolute atomic E-state index is 0.571.